The zero-order valence-corrected chi connectivity index (χ0v) is 17.9. The molecule has 3 heterocycles. The number of hydrogen-bond acceptors (Lipinski definition) is 5. The minimum atomic E-state index is 0.0862. The van der Waals surface area contributed by atoms with Crippen LogP contribution in [0.5, 0.6) is 0 Å². The van der Waals surface area contributed by atoms with E-state index in [1.54, 1.807) is 17.4 Å². The topological polar surface area (TPSA) is 45.2 Å². The van der Waals surface area contributed by atoms with E-state index in [-0.39, 0.29) is 5.43 Å². The lowest BCUT2D eigenvalue weighted by atomic mass is 10.0. The molecule has 1 fully saturated rings. The predicted molar refractivity (Wildman–Crippen MR) is 127 cm³/mol. The van der Waals surface area contributed by atoms with E-state index in [0.29, 0.717) is 6.04 Å². The summed E-state index contributed by atoms with van der Waals surface area (Å²) >= 11 is 1.59. The molecule has 2 aromatic carbocycles. The molecule has 1 unspecified atom stereocenters. The summed E-state index contributed by atoms with van der Waals surface area (Å²) in [5.41, 5.74) is 3.49. The van der Waals surface area contributed by atoms with Crippen molar-refractivity contribution < 1.29 is 0 Å². The van der Waals surface area contributed by atoms with Crippen molar-refractivity contribution in [1.29, 1.82) is 0 Å². The third-order valence-electron chi connectivity index (χ3n) is 5.88. The SMILES string of the molecule is Cc1cc2c(N3CCNC(CCc4ccccc4)C3)c3ncccc3cc(=O)c2s1. The van der Waals surface area contributed by atoms with Crippen molar-refractivity contribution in [3.05, 3.63) is 81.5 Å². The van der Waals surface area contributed by atoms with Gasteiger partial charge in [0.1, 0.15) is 0 Å². The molecule has 0 bridgehead atoms. The summed E-state index contributed by atoms with van der Waals surface area (Å²) < 4.78 is 0.833. The molecule has 1 atom stereocenters. The van der Waals surface area contributed by atoms with Crippen LogP contribution in [-0.2, 0) is 6.42 Å². The molecule has 5 rings (SSSR count). The number of piperazine rings is 1. The summed E-state index contributed by atoms with van der Waals surface area (Å²) in [4.78, 5) is 21.2. The highest BCUT2D eigenvalue weighted by molar-refractivity contribution is 7.19. The smallest absolute Gasteiger partial charge is 0.197 e. The van der Waals surface area contributed by atoms with Gasteiger partial charge in [0.15, 0.2) is 5.43 Å². The molecule has 5 heteroatoms. The molecule has 152 valence electrons. The van der Waals surface area contributed by atoms with E-state index >= 15 is 0 Å². The maximum absolute atomic E-state index is 12.9. The zero-order chi connectivity index (χ0) is 20.5. The van der Waals surface area contributed by atoms with Gasteiger partial charge in [-0.1, -0.05) is 36.4 Å². The summed E-state index contributed by atoms with van der Waals surface area (Å²) in [5.74, 6) is 0. The Kier molecular flexibility index (Phi) is 5.23. The van der Waals surface area contributed by atoms with Gasteiger partial charge in [0.25, 0.3) is 0 Å². The second-order valence-corrected chi connectivity index (χ2v) is 9.28. The summed E-state index contributed by atoms with van der Waals surface area (Å²) in [7, 11) is 0. The summed E-state index contributed by atoms with van der Waals surface area (Å²) in [6.07, 6.45) is 3.98. The standard InChI is InChI=1S/C25H25N3OS/c1-17-14-21-24(23-19(8-5-11-27-23)15-22(29)25(21)30-17)28-13-12-26-20(16-28)10-9-18-6-3-2-4-7-18/h2-8,11,14-15,20,26H,9-10,12-13,16H2,1H3. The number of nitrogens with one attached hydrogen (secondary N) is 1. The molecule has 0 amide bonds. The van der Waals surface area contributed by atoms with Crippen molar-refractivity contribution in [2.75, 3.05) is 24.5 Å². The average molecular weight is 416 g/mol. The van der Waals surface area contributed by atoms with Crippen LogP contribution in [0.25, 0.3) is 21.0 Å². The van der Waals surface area contributed by atoms with Crippen LogP contribution in [0.3, 0.4) is 0 Å². The first-order chi connectivity index (χ1) is 14.7. The highest BCUT2D eigenvalue weighted by Crippen LogP contribution is 2.35. The third kappa shape index (κ3) is 3.71. The van der Waals surface area contributed by atoms with Crippen LogP contribution in [0.2, 0.25) is 0 Å². The Morgan fingerprint density at radius 1 is 1.17 bits per heavy atom. The molecule has 4 nitrogen and oxygen atoms in total. The minimum Gasteiger partial charge on any atom is -0.366 e. The molecule has 0 spiro atoms. The molecular formula is C25H25N3OS. The lowest BCUT2D eigenvalue weighted by molar-refractivity contribution is 0.435. The fourth-order valence-corrected chi connectivity index (χ4v) is 5.39. The van der Waals surface area contributed by atoms with E-state index in [2.05, 4.69) is 53.5 Å². The van der Waals surface area contributed by atoms with Crippen molar-refractivity contribution in [2.24, 2.45) is 0 Å². The molecule has 1 aliphatic heterocycles. The molecule has 0 aliphatic carbocycles. The summed E-state index contributed by atoms with van der Waals surface area (Å²) in [5, 5.41) is 5.64. The first-order valence-electron chi connectivity index (χ1n) is 10.5. The summed E-state index contributed by atoms with van der Waals surface area (Å²) in [6, 6.07) is 18.9. The molecule has 1 N–H and O–H groups in total. The second kappa shape index (κ2) is 8.17. The number of fused-ring (bicyclic) bond motifs is 2. The lowest BCUT2D eigenvalue weighted by Crippen LogP contribution is -2.51. The number of hydrogen-bond donors (Lipinski definition) is 1. The van der Waals surface area contributed by atoms with Gasteiger partial charge < -0.3 is 10.2 Å². The Morgan fingerprint density at radius 2 is 2.03 bits per heavy atom. The third-order valence-corrected chi connectivity index (χ3v) is 6.95. The van der Waals surface area contributed by atoms with Crippen molar-refractivity contribution in [1.82, 2.24) is 10.3 Å². The van der Waals surface area contributed by atoms with Gasteiger partial charge in [0, 0.05) is 47.5 Å². The van der Waals surface area contributed by atoms with Gasteiger partial charge in [-0.15, -0.1) is 11.3 Å². The lowest BCUT2D eigenvalue weighted by Gasteiger charge is -2.35. The molecule has 2 aromatic heterocycles. The van der Waals surface area contributed by atoms with Crippen molar-refractivity contribution in [3.63, 3.8) is 0 Å². The zero-order valence-electron chi connectivity index (χ0n) is 17.1. The number of pyridine rings is 1. The maximum Gasteiger partial charge on any atom is 0.197 e. The normalized spacial score (nSPS) is 17.0. The van der Waals surface area contributed by atoms with Crippen LogP contribution >= 0.6 is 11.3 Å². The molecule has 30 heavy (non-hydrogen) atoms. The average Bonchev–Trinajstić information content (AvgIpc) is 3.11. The van der Waals surface area contributed by atoms with Gasteiger partial charge in [-0.05, 0) is 43.5 Å². The van der Waals surface area contributed by atoms with Crippen molar-refractivity contribution in [2.45, 2.75) is 25.8 Å². The molecule has 1 saturated heterocycles. The Balaban J connectivity index is 1.54. The fourth-order valence-electron chi connectivity index (χ4n) is 4.47. The van der Waals surface area contributed by atoms with E-state index in [4.69, 9.17) is 4.98 Å². The van der Waals surface area contributed by atoms with Crippen LogP contribution < -0.4 is 15.6 Å². The Morgan fingerprint density at radius 3 is 2.90 bits per heavy atom. The molecule has 0 radical (unpaired) electrons. The Bertz CT molecular complexity index is 1250. The van der Waals surface area contributed by atoms with Gasteiger partial charge in [0.05, 0.1) is 15.9 Å². The highest BCUT2D eigenvalue weighted by Gasteiger charge is 2.23. The summed E-state index contributed by atoms with van der Waals surface area (Å²) in [6.45, 7) is 4.83. The van der Waals surface area contributed by atoms with E-state index in [0.717, 1.165) is 64.0 Å². The first kappa shape index (κ1) is 19.2. The second-order valence-electron chi connectivity index (χ2n) is 8.02. The van der Waals surface area contributed by atoms with Crippen LogP contribution in [0.15, 0.2) is 65.6 Å². The van der Waals surface area contributed by atoms with Gasteiger partial charge in [-0.2, -0.15) is 0 Å². The van der Waals surface area contributed by atoms with Gasteiger partial charge in [0.2, 0.25) is 0 Å². The first-order valence-corrected chi connectivity index (χ1v) is 11.3. The van der Waals surface area contributed by atoms with E-state index in [1.807, 2.05) is 18.3 Å². The van der Waals surface area contributed by atoms with Crippen molar-refractivity contribution >= 4 is 38.0 Å². The van der Waals surface area contributed by atoms with E-state index < -0.39 is 0 Å². The molecule has 0 saturated carbocycles. The maximum atomic E-state index is 12.9. The number of rotatable bonds is 4. The van der Waals surface area contributed by atoms with Crippen LogP contribution in [0.4, 0.5) is 5.69 Å². The number of aryl methyl sites for hydroxylation is 2. The van der Waals surface area contributed by atoms with Crippen LogP contribution in [0, 0.1) is 6.92 Å². The van der Waals surface area contributed by atoms with Gasteiger partial charge in [-0.3, -0.25) is 9.78 Å². The Hall–Kier alpha value is -2.76. The van der Waals surface area contributed by atoms with Gasteiger partial charge in [-0.25, -0.2) is 0 Å². The number of anilines is 1. The van der Waals surface area contributed by atoms with Crippen LogP contribution in [-0.4, -0.2) is 30.7 Å². The number of benzene rings is 1. The van der Waals surface area contributed by atoms with Crippen molar-refractivity contribution in [3.8, 4) is 0 Å². The Labute approximate surface area is 180 Å². The monoisotopic (exact) mass is 415 g/mol. The number of aromatic nitrogens is 1. The van der Waals surface area contributed by atoms with Gasteiger partial charge >= 0.3 is 0 Å². The predicted octanol–water partition coefficient (Wildman–Crippen LogP) is 4.53. The largest absolute Gasteiger partial charge is 0.366 e. The highest BCUT2D eigenvalue weighted by atomic mass is 32.1. The quantitative estimate of drug-likeness (QED) is 0.532. The van der Waals surface area contributed by atoms with Crippen LogP contribution in [0.1, 0.15) is 16.9 Å². The number of nitrogens with zero attached hydrogens (tertiary/aromatic N) is 2. The molecular weight excluding hydrogens is 390 g/mol. The van der Waals surface area contributed by atoms with E-state index in [1.165, 1.54) is 5.56 Å². The van der Waals surface area contributed by atoms with E-state index in [9.17, 15) is 4.79 Å². The molecule has 1 aliphatic rings. The fraction of sp³-hybridized carbons (Fsp3) is 0.280. The minimum absolute atomic E-state index is 0.0862. The molecule has 4 aromatic rings. The number of thiophene rings is 1.